The molecule has 2 rings (SSSR count). The minimum absolute atomic E-state index is 0.277. The van der Waals surface area contributed by atoms with Crippen molar-refractivity contribution in [3.63, 3.8) is 0 Å². The van der Waals surface area contributed by atoms with Crippen LogP contribution in [-0.2, 0) is 9.53 Å². The van der Waals surface area contributed by atoms with Crippen molar-refractivity contribution < 1.29 is 14.6 Å². The van der Waals surface area contributed by atoms with E-state index in [2.05, 4.69) is 0 Å². The van der Waals surface area contributed by atoms with Gasteiger partial charge in [-0.05, 0) is 12.1 Å². The van der Waals surface area contributed by atoms with E-state index in [9.17, 15) is 9.90 Å². The van der Waals surface area contributed by atoms with Gasteiger partial charge in [-0.3, -0.25) is 4.79 Å². The second kappa shape index (κ2) is 3.88. The molecule has 1 aliphatic heterocycles. The molecule has 1 atom stereocenters. The molecule has 3 N–H and O–H groups in total. The van der Waals surface area contributed by atoms with Crippen LogP contribution in [0.3, 0.4) is 0 Å². The van der Waals surface area contributed by atoms with E-state index in [1.54, 1.807) is 12.1 Å². The fourth-order valence-corrected chi connectivity index (χ4v) is 1.68. The Kier molecular flexibility index (Phi) is 2.69. The highest BCUT2D eigenvalue weighted by Crippen LogP contribution is 2.33. The molecule has 0 aromatic heterocycles. The summed E-state index contributed by atoms with van der Waals surface area (Å²) in [5, 5.41) is 9.92. The Morgan fingerprint density at radius 3 is 2.50 bits per heavy atom. The zero-order valence-corrected chi connectivity index (χ0v) is 9.42. The smallest absolute Gasteiger partial charge is 0.247 e. The number of ether oxygens (including phenoxy) is 1. The summed E-state index contributed by atoms with van der Waals surface area (Å²) >= 11 is 11.5. The second-order valence-corrected chi connectivity index (χ2v) is 4.06. The molecular formula is C10H7Cl2NO3. The van der Waals surface area contributed by atoms with Crippen LogP contribution in [0.1, 0.15) is 11.7 Å². The van der Waals surface area contributed by atoms with Gasteiger partial charge in [0, 0.05) is 5.56 Å². The van der Waals surface area contributed by atoms with Gasteiger partial charge in [-0.1, -0.05) is 29.3 Å². The predicted molar refractivity (Wildman–Crippen MR) is 59.1 cm³/mol. The monoisotopic (exact) mass is 259 g/mol. The molecular weight excluding hydrogens is 253 g/mol. The van der Waals surface area contributed by atoms with E-state index >= 15 is 0 Å². The summed E-state index contributed by atoms with van der Waals surface area (Å²) in [7, 11) is 0. The maximum absolute atomic E-state index is 11.5. The van der Waals surface area contributed by atoms with Crippen LogP contribution in [-0.4, -0.2) is 10.9 Å². The maximum Gasteiger partial charge on any atom is 0.247 e. The van der Waals surface area contributed by atoms with E-state index in [4.69, 9.17) is 33.7 Å². The summed E-state index contributed by atoms with van der Waals surface area (Å²) in [6.45, 7) is 0. The molecule has 1 aromatic rings. The van der Waals surface area contributed by atoms with E-state index in [1.807, 2.05) is 0 Å². The Hall–Kier alpha value is -1.39. The summed E-state index contributed by atoms with van der Waals surface area (Å²) in [5.74, 6) is -1.42. The fraction of sp³-hybridized carbons (Fsp3) is 0.100. The quantitative estimate of drug-likeness (QED) is 0.812. The number of nitrogens with two attached hydrogens (primary N) is 1. The lowest BCUT2D eigenvalue weighted by molar-refractivity contribution is -0.123. The third-order valence-corrected chi connectivity index (χ3v) is 2.94. The zero-order chi connectivity index (χ0) is 11.9. The van der Waals surface area contributed by atoms with E-state index < -0.39 is 17.6 Å². The van der Waals surface area contributed by atoms with Crippen LogP contribution in [0.2, 0.25) is 10.0 Å². The van der Waals surface area contributed by atoms with Crippen molar-refractivity contribution in [2.24, 2.45) is 5.73 Å². The number of Topliss-reactive ketones (excluding diaryl/α,β-unsaturated/α-hetero) is 1. The van der Waals surface area contributed by atoms with Crippen LogP contribution < -0.4 is 5.73 Å². The van der Waals surface area contributed by atoms with Crippen molar-refractivity contribution in [1.29, 1.82) is 0 Å². The van der Waals surface area contributed by atoms with Crippen LogP contribution >= 0.6 is 23.2 Å². The van der Waals surface area contributed by atoms with E-state index in [1.165, 1.54) is 6.07 Å². The molecule has 1 aromatic carbocycles. The Labute approximate surface area is 101 Å². The van der Waals surface area contributed by atoms with Gasteiger partial charge in [0.2, 0.25) is 17.4 Å². The largest absolute Gasteiger partial charge is 0.501 e. The minimum Gasteiger partial charge on any atom is -0.501 e. The minimum atomic E-state index is -0.949. The molecule has 16 heavy (non-hydrogen) atoms. The number of aliphatic hydroxyl groups is 1. The predicted octanol–water partition coefficient (Wildman–Crippen LogP) is 2.32. The van der Waals surface area contributed by atoms with Gasteiger partial charge in [0.15, 0.2) is 6.10 Å². The SMILES string of the molecule is NC1=C(O)C(=O)C(c2ccc(Cl)c(Cl)c2)O1. The lowest BCUT2D eigenvalue weighted by Gasteiger charge is -2.10. The summed E-state index contributed by atoms with van der Waals surface area (Å²) in [6, 6.07) is 4.63. The topological polar surface area (TPSA) is 72.5 Å². The van der Waals surface area contributed by atoms with Crippen molar-refractivity contribution in [1.82, 2.24) is 0 Å². The lowest BCUT2D eigenvalue weighted by atomic mass is 10.1. The number of rotatable bonds is 1. The number of ketones is 1. The number of carbonyl (C=O) groups excluding carboxylic acids is 1. The van der Waals surface area contributed by atoms with Crippen molar-refractivity contribution >= 4 is 29.0 Å². The summed E-state index contributed by atoms with van der Waals surface area (Å²) in [6.07, 6.45) is -0.949. The number of hydrogen-bond donors (Lipinski definition) is 2. The normalized spacial score (nSPS) is 20.1. The third-order valence-electron chi connectivity index (χ3n) is 2.20. The van der Waals surface area contributed by atoms with Gasteiger partial charge in [-0.15, -0.1) is 0 Å². The molecule has 84 valence electrons. The average Bonchev–Trinajstić information content (AvgIpc) is 2.50. The van der Waals surface area contributed by atoms with Crippen molar-refractivity contribution in [3.05, 3.63) is 45.5 Å². The first kappa shape index (κ1) is 11.1. The third kappa shape index (κ3) is 1.70. The Morgan fingerprint density at radius 1 is 1.31 bits per heavy atom. The van der Waals surface area contributed by atoms with Gasteiger partial charge in [-0.25, -0.2) is 0 Å². The Balaban J connectivity index is 2.35. The van der Waals surface area contributed by atoms with Gasteiger partial charge < -0.3 is 15.6 Å². The zero-order valence-electron chi connectivity index (χ0n) is 7.91. The van der Waals surface area contributed by atoms with Crippen LogP contribution in [0.5, 0.6) is 0 Å². The van der Waals surface area contributed by atoms with Gasteiger partial charge >= 0.3 is 0 Å². The van der Waals surface area contributed by atoms with Crippen LogP contribution in [0, 0.1) is 0 Å². The first-order valence-corrected chi connectivity index (χ1v) is 5.11. The molecule has 4 nitrogen and oxygen atoms in total. The van der Waals surface area contributed by atoms with E-state index in [0.29, 0.717) is 15.6 Å². The summed E-state index contributed by atoms with van der Waals surface area (Å²) in [5.41, 5.74) is 5.78. The molecule has 0 aliphatic carbocycles. The number of aliphatic hydroxyl groups excluding tert-OH is 1. The number of hydrogen-bond acceptors (Lipinski definition) is 4. The summed E-state index contributed by atoms with van der Waals surface area (Å²) in [4.78, 5) is 11.5. The number of benzene rings is 1. The average molecular weight is 260 g/mol. The van der Waals surface area contributed by atoms with Crippen LogP contribution in [0.25, 0.3) is 0 Å². The van der Waals surface area contributed by atoms with Crippen LogP contribution in [0.15, 0.2) is 29.8 Å². The molecule has 0 fully saturated rings. The standard InChI is InChI=1S/C10H7Cl2NO3/c11-5-2-1-4(3-6(5)12)9-7(14)8(15)10(13)16-9/h1-3,9,15H,13H2. The molecule has 1 aliphatic rings. The highest BCUT2D eigenvalue weighted by atomic mass is 35.5. The molecule has 0 spiro atoms. The summed E-state index contributed by atoms with van der Waals surface area (Å²) < 4.78 is 5.02. The number of carbonyl (C=O) groups is 1. The molecule has 0 amide bonds. The Bertz CT molecular complexity index is 499. The lowest BCUT2D eigenvalue weighted by Crippen LogP contribution is -2.09. The van der Waals surface area contributed by atoms with Gasteiger partial charge in [0.25, 0.3) is 0 Å². The molecule has 1 unspecified atom stereocenters. The van der Waals surface area contributed by atoms with E-state index in [0.717, 1.165) is 0 Å². The second-order valence-electron chi connectivity index (χ2n) is 3.25. The highest BCUT2D eigenvalue weighted by Gasteiger charge is 2.35. The van der Waals surface area contributed by atoms with Crippen LogP contribution in [0.4, 0.5) is 0 Å². The molecule has 0 radical (unpaired) electrons. The number of halogens is 2. The van der Waals surface area contributed by atoms with Crippen molar-refractivity contribution in [2.75, 3.05) is 0 Å². The first-order valence-electron chi connectivity index (χ1n) is 4.35. The maximum atomic E-state index is 11.5. The molecule has 0 bridgehead atoms. The molecule has 0 saturated carbocycles. The van der Waals surface area contributed by atoms with Gasteiger partial charge in [-0.2, -0.15) is 0 Å². The van der Waals surface area contributed by atoms with Crippen molar-refractivity contribution in [2.45, 2.75) is 6.10 Å². The Morgan fingerprint density at radius 2 is 2.00 bits per heavy atom. The van der Waals surface area contributed by atoms with E-state index in [-0.39, 0.29) is 5.88 Å². The van der Waals surface area contributed by atoms with Gasteiger partial charge in [0.1, 0.15) is 0 Å². The van der Waals surface area contributed by atoms with Crippen molar-refractivity contribution in [3.8, 4) is 0 Å². The molecule has 6 heteroatoms. The van der Waals surface area contributed by atoms with Gasteiger partial charge in [0.05, 0.1) is 10.0 Å². The first-order chi connectivity index (χ1) is 7.50. The molecule has 0 saturated heterocycles. The molecule has 1 heterocycles. The fourth-order valence-electron chi connectivity index (χ4n) is 1.38. The highest BCUT2D eigenvalue weighted by molar-refractivity contribution is 6.42.